The molecule has 1 aromatic heterocycles. The van der Waals surface area contributed by atoms with E-state index in [2.05, 4.69) is 25.8 Å². The average molecular weight is 322 g/mol. The quantitative estimate of drug-likeness (QED) is 0.612. The Labute approximate surface area is 136 Å². The number of guanidine groups is 1. The van der Waals surface area contributed by atoms with Gasteiger partial charge in [-0.05, 0) is 19.8 Å². The zero-order valence-electron chi connectivity index (χ0n) is 14.3. The van der Waals surface area contributed by atoms with E-state index in [1.807, 2.05) is 14.1 Å². The van der Waals surface area contributed by atoms with Gasteiger partial charge in [0.1, 0.15) is 0 Å². The van der Waals surface area contributed by atoms with Gasteiger partial charge in [0.2, 0.25) is 11.8 Å². The molecule has 8 heteroatoms. The molecule has 0 unspecified atom stereocenters. The van der Waals surface area contributed by atoms with Crippen LogP contribution < -0.4 is 10.6 Å². The van der Waals surface area contributed by atoms with Gasteiger partial charge in [-0.2, -0.15) is 4.98 Å². The van der Waals surface area contributed by atoms with Crippen LogP contribution in [0.4, 0.5) is 0 Å². The van der Waals surface area contributed by atoms with Crippen LogP contribution in [-0.4, -0.2) is 54.6 Å². The maximum atomic E-state index is 12.5. The van der Waals surface area contributed by atoms with Gasteiger partial charge in [0, 0.05) is 27.7 Å². The summed E-state index contributed by atoms with van der Waals surface area (Å²) in [5.41, 5.74) is -0.331. The van der Waals surface area contributed by atoms with Gasteiger partial charge in [0.05, 0.1) is 12.0 Å². The molecule has 0 spiro atoms. The van der Waals surface area contributed by atoms with Gasteiger partial charge in [0.25, 0.3) is 0 Å². The second-order valence-electron chi connectivity index (χ2n) is 6.20. The number of aryl methyl sites for hydroxylation is 1. The maximum absolute atomic E-state index is 12.5. The Morgan fingerprint density at radius 3 is 2.57 bits per heavy atom. The largest absolute Gasteiger partial charge is 0.355 e. The number of amides is 1. The van der Waals surface area contributed by atoms with Crippen molar-refractivity contribution in [1.29, 1.82) is 0 Å². The first-order valence-corrected chi connectivity index (χ1v) is 7.92. The van der Waals surface area contributed by atoms with Crippen molar-refractivity contribution in [3.8, 4) is 0 Å². The number of rotatable bonds is 5. The van der Waals surface area contributed by atoms with E-state index in [9.17, 15) is 4.79 Å². The number of aliphatic imine (C=N–C) groups is 1. The Bertz CT molecular complexity index is 560. The molecule has 0 atom stereocenters. The fourth-order valence-corrected chi connectivity index (χ4v) is 3.04. The average Bonchev–Trinajstić information content (AvgIpc) is 3.16. The lowest BCUT2D eigenvalue weighted by atomic mass is 9.84. The van der Waals surface area contributed by atoms with E-state index in [4.69, 9.17) is 4.52 Å². The van der Waals surface area contributed by atoms with Crippen molar-refractivity contribution in [2.24, 2.45) is 10.4 Å². The molecule has 0 aromatic carbocycles. The lowest BCUT2D eigenvalue weighted by Gasteiger charge is -2.31. The summed E-state index contributed by atoms with van der Waals surface area (Å²) in [6.45, 7) is 2.75. The zero-order valence-corrected chi connectivity index (χ0v) is 14.3. The molecule has 2 rings (SSSR count). The Morgan fingerprint density at radius 1 is 1.35 bits per heavy atom. The van der Waals surface area contributed by atoms with Crippen molar-refractivity contribution in [2.75, 3.05) is 27.7 Å². The predicted octanol–water partition coefficient (Wildman–Crippen LogP) is 0.692. The number of nitrogens with one attached hydrogen (secondary N) is 2. The molecule has 23 heavy (non-hydrogen) atoms. The van der Waals surface area contributed by atoms with Crippen LogP contribution in [0, 0.1) is 12.3 Å². The Balaban J connectivity index is 1.92. The van der Waals surface area contributed by atoms with E-state index in [1.165, 1.54) is 0 Å². The first-order valence-electron chi connectivity index (χ1n) is 7.92. The maximum Gasteiger partial charge on any atom is 0.246 e. The van der Waals surface area contributed by atoms with E-state index in [0.717, 1.165) is 25.7 Å². The van der Waals surface area contributed by atoms with E-state index in [1.54, 1.807) is 18.9 Å². The Kier molecular flexibility index (Phi) is 5.57. The molecule has 1 aliphatic carbocycles. The summed E-state index contributed by atoms with van der Waals surface area (Å²) in [5.74, 6) is 1.92. The van der Waals surface area contributed by atoms with Crippen molar-refractivity contribution in [1.82, 2.24) is 25.7 Å². The van der Waals surface area contributed by atoms with Crippen LogP contribution in [0.2, 0.25) is 0 Å². The van der Waals surface area contributed by atoms with Crippen molar-refractivity contribution < 1.29 is 9.32 Å². The van der Waals surface area contributed by atoms with E-state index in [0.29, 0.717) is 30.8 Å². The van der Waals surface area contributed by atoms with Gasteiger partial charge in [-0.15, -0.1) is 0 Å². The third kappa shape index (κ3) is 4.20. The van der Waals surface area contributed by atoms with E-state index >= 15 is 0 Å². The standard InChI is InChI=1S/C15H26N6O2/c1-11-19-12(23-20-11)9-17-14(16-2)18-10-15(7-5-6-8-15)13(22)21(3)4/h5-10H2,1-4H3,(H2,16,17,18). The summed E-state index contributed by atoms with van der Waals surface area (Å²) in [7, 11) is 5.32. The van der Waals surface area contributed by atoms with Crippen molar-refractivity contribution in [2.45, 2.75) is 39.2 Å². The summed E-state index contributed by atoms with van der Waals surface area (Å²) in [6.07, 6.45) is 4.01. The number of carbonyl (C=O) groups excluding carboxylic acids is 1. The van der Waals surface area contributed by atoms with Crippen LogP contribution in [0.1, 0.15) is 37.4 Å². The van der Waals surface area contributed by atoms with Gasteiger partial charge >= 0.3 is 0 Å². The number of nitrogens with zero attached hydrogens (tertiary/aromatic N) is 4. The minimum absolute atomic E-state index is 0.186. The first-order chi connectivity index (χ1) is 11.0. The summed E-state index contributed by atoms with van der Waals surface area (Å²) >= 11 is 0. The van der Waals surface area contributed by atoms with Crippen LogP contribution in [0.3, 0.4) is 0 Å². The summed E-state index contributed by atoms with van der Waals surface area (Å²) < 4.78 is 5.06. The molecule has 1 amide bonds. The molecule has 0 bridgehead atoms. The van der Waals surface area contributed by atoms with Crippen LogP contribution in [0.5, 0.6) is 0 Å². The smallest absolute Gasteiger partial charge is 0.246 e. The number of hydrogen-bond acceptors (Lipinski definition) is 5. The SMILES string of the molecule is CN=C(NCc1nc(C)no1)NCC1(C(=O)N(C)C)CCCC1. The molecular weight excluding hydrogens is 296 g/mol. The summed E-state index contributed by atoms with van der Waals surface area (Å²) in [4.78, 5) is 22.5. The molecule has 8 nitrogen and oxygen atoms in total. The van der Waals surface area contributed by atoms with Gasteiger partial charge in [0.15, 0.2) is 11.8 Å². The third-order valence-corrected chi connectivity index (χ3v) is 4.22. The van der Waals surface area contributed by atoms with Crippen molar-refractivity contribution in [3.63, 3.8) is 0 Å². The van der Waals surface area contributed by atoms with Crippen LogP contribution in [0.15, 0.2) is 9.52 Å². The highest BCUT2D eigenvalue weighted by Gasteiger charge is 2.42. The second kappa shape index (κ2) is 7.43. The van der Waals surface area contributed by atoms with E-state index < -0.39 is 0 Å². The fourth-order valence-electron chi connectivity index (χ4n) is 3.04. The molecule has 1 aromatic rings. The predicted molar refractivity (Wildman–Crippen MR) is 86.8 cm³/mol. The van der Waals surface area contributed by atoms with Crippen molar-refractivity contribution in [3.05, 3.63) is 11.7 Å². The first kappa shape index (κ1) is 17.2. The third-order valence-electron chi connectivity index (χ3n) is 4.22. The minimum Gasteiger partial charge on any atom is -0.355 e. The number of hydrogen-bond donors (Lipinski definition) is 2. The van der Waals surface area contributed by atoms with Gasteiger partial charge < -0.3 is 20.1 Å². The van der Waals surface area contributed by atoms with E-state index in [-0.39, 0.29) is 11.3 Å². The Hall–Kier alpha value is -2.12. The molecule has 1 aliphatic rings. The van der Waals surface area contributed by atoms with Gasteiger partial charge in [-0.25, -0.2) is 0 Å². The molecule has 128 valence electrons. The number of aromatic nitrogens is 2. The van der Waals surface area contributed by atoms with Gasteiger partial charge in [-0.1, -0.05) is 18.0 Å². The number of carbonyl (C=O) groups is 1. The lowest BCUT2D eigenvalue weighted by Crippen LogP contribution is -2.49. The van der Waals surface area contributed by atoms with Crippen LogP contribution in [-0.2, 0) is 11.3 Å². The fraction of sp³-hybridized carbons (Fsp3) is 0.733. The summed E-state index contributed by atoms with van der Waals surface area (Å²) in [5, 5.41) is 10.1. The van der Waals surface area contributed by atoms with Crippen LogP contribution in [0.25, 0.3) is 0 Å². The molecule has 2 N–H and O–H groups in total. The lowest BCUT2D eigenvalue weighted by molar-refractivity contribution is -0.138. The normalized spacial score (nSPS) is 17.1. The molecule has 0 radical (unpaired) electrons. The highest BCUT2D eigenvalue weighted by Crippen LogP contribution is 2.38. The second-order valence-corrected chi connectivity index (χ2v) is 6.20. The zero-order chi connectivity index (χ0) is 16.9. The van der Waals surface area contributed by atoms with Gasteiger partial charge in [-0.3, -0.25) is 9.79 Å². The van der Waals surface area contributed by atoms with Crippen LogP contribution >= 0.6 is 0 Å². The minimum atomic E-state index is -0.331. The molecule has 1 fully saturated rings. The topological polar surface area (TPSA) is 95.6 Å². The van der Waals surface area contributed by atoms with Crippen molar-refractivity contribution >= 4 is 11.9 Å². The summed E-state index contributed by atoms with van der Waals surface area (Å²) in [6, 6.07) is 0. The highest BCUT2D eigenvalue weighted by atomic mass is 16.5. The Morgan fingerprint density at radius 2 is 2.04 bits per heavy atom. The molecule has 1 saturated carbocycles. The molecular formula is C15H26N6O2. The molecule has 0 aliphatic heterocycles. The molecule has 1 heterocycles. The monoisotopic (exact) mass is 322 g/mol. The molecule has 0 saturated heterocycles. The highest BCUT2D eigenvalue weighted by molar-refractivity contribution is 5.85.